The molecule has 1 aromatic carbocycles. The van der Waals surface area contributed by atoms with Crippen molar-refractivity contribution in [1.29, 1.82) is 0 Å². The molecule has 0 aliphatic rings. The van der Waals surface area contributed by atoms with Crippen LogP contribution in [0.2, 0.25) is 0 Å². The van der Waals surface area contributed by atoms with Gasteiger partial charge in [0.15, 0.2) is 5.82 Å². The second kappa shape index (κ2) is 6.09. The zero-order chi connectivity index (χ0) is 16.4. The van der Waals surface area contributed by atoms with Crippen molar-refractivity contribution in [2.75, 3.05) is 0 Å². The number of rotatable bonds is 3. The van der Waals surface area contributed by atoms with E-state index < -0.39 is 11.7 Å². The molecule has 0 amide bonds. The zero-order valence-corrected chi connectivity index (χ0v) is 13.0. The van der Waals surface area contributed by atoms with E-state index in [1.807, 2.05) is 17.5 Å². The molecule has 0 radical (unpaired) electrons. The van der Waals surface area contributed by atoms with Crippen LogP contribution in [0, 0.1) is 4.77 Å². The number of nitrogens with one attached hydrogen (secondary N) is 1. The summed E-state index contributed by atoms with van der Waals surface area (Å²) in [6.45, 7) is 0. The van der Waals surface area contributed by atoms with Crippen molar-refractivity contribution < 1.29 is 13.2 Å². The number of halogens is 3. The fourth-order valence-corrected chi connectivity index (χ4v) is 2.76. The maximum atomic E-state index is 12.7. The zero-order valence-electron chi connectivity index (χ0n) is 11.4. The largest absolute Gasteiger partial charge is 0.416 e. The second-order valence-corrected chi connectivity index (χ2v) is 5.84. The first-order valence-corrected chi connectivity index (χ1v) is 7.67. The van der Waals surface area contributed by atoms with Crippen LogP contribution in [0.1, 0.15) is 11.1 Å². The summed E-state index contributed by atoms with van der Waals surface area (Å²) in [5.41, 5.74) is -0.407. The van der Waals surface area contributed by atoms with Gasteiger partial charge in [0.1, 0.15) is 0 Å². The summed E-state index contributed by atoms with van der Waals surface area (Å²) in [6.07, 6.45) is -3.07. The minimum atomic E-state index is -4.39. The van der Waals surface area contributed by atoms with Gasteiger partial charge < -0.3 is 0 Å². The van der Waals surface area contributed by atoms with Crippen LogP contribution >= 0.6 is 23.6 Å². The maximum Gasteiger partial charge on any atom is 0.416 e. The first kappa shape index (κ1) is 15.6. The third-order valence-corrected chi connectivity index (χ3v) is 4.06. The lowest BCUT2D eigenvalue weighted by Gasteiger charge is -2.06. The standard InChI is InChI=1S/C14H9F3N4S2/c15-14(16,17)10-4-1-3-9(7-10)8-18-21-12(19-20-13(21)22)11-5-2-6-23-11/h1-8H,(H,20,22)/b18-8-. The van der Waals surface area contributed by atoms with Crippen LogP contribution in [0.5, 0.6) is 0 Å². The van der Waals surface area contributed by atoms with Crippen LogP contribution in [0.25, 0.3) is 10.7 Å². The lowest BCUT2D eigenvalue weighted by atomic mass is 10.1. The van der Waals surface area contributed by atoms with Crippen LogP contribution in [0.4, 0.5) is 13.2 Å². The molecule has 2 heterocycles. The molecule has 9 heteroatoms. The molecule has 4 nitrogen and oxygen atoms in total. The molecule has 3 rings (SSSR count). The summed E-state index contributed by atoms with van der Waals surface area (Å²) >= 11 is 6.56. The monoisotopic (exact) mass is 354 g/mol. The lowest BCUT2D eigenvalue weighted by molar-refractivity contribution is -0.137. The summed E-state index contributed by atoms with van der Waals surface area (Å²) < 4.78 is 39.8. The Hall–Kier alpha value is -2.26. The van der Waals surface area contributed by atoms with E-state index in [9.17, 15) is 13.2 Å². The Kier molecular flexibility index (Phi) is 4.14. The van der Waals surface area contributed by atoms with Crippen LogP contribution in [0.3, 0.4) is 0 Å². The highest BCUT2D eigenvalue weighted by atomic mass is 32.1. The molecule has 0 unspecified atom stereocenters. The normalized spacial score (nSPS) is 12.1. The molecule has 1 N–H and O–H groups in total. The van der Waals surface area contributed by atoms with Crippen molar-refractivity contribution in [1.82, 2.24) is 14.9 Å². The van der Waals surface area contributed by atoms with Gasteiger partial charge in [-0.2, -0.15) is 28.0 Å². The Labute approximate surface area is 137 Å². The highest BCUT2D eigenvalue weighted by molar-refractivity contribution is 7.71. The van der Waals surface area contributed by atoms with Gasteiger partial charge in [-0.25, -0.2) is 5.10 Å². The first-order valence-electron chi connectivity index (χ1n) is 6.38. The molecule has 23 heavy (non-hydrogen) atoms. The number of thiophene rings is 1. The third kappa shape index (κ3) is 3.40. The predicted octanol–water partition coefficient (Wildman–Crippen LogP) is 4.57. The minimum absolute atomic E-state index is 0.261. The average Bonchev–Trinajstić information content (AvgIpc) is 3.14. The van der Waals surface area contributed by atoms with Crippen molar-refractivity contribution >= 4 is 29.8 Å². The Morgan fingerprint density at radius 2 is 2.09 bits per heavy atom. The molecule has 0 atom stereocenters. The molecule has 0 saturated heterocycles. The third-order valence-electron chi connectivity index (χ3n) is 2.93. The van der Waals surface area contributed by atoms with Gasteiger partial charge in [-0.05, 0) is 41.4 Å². The molecule has 0 aliphatic heterocycles. The van der Waals surface area contributed by atoms with Gasteiger partial charge in [0.05, 0.1) is 16.7 Å². The van der Waals surface area contributed by atoms with Crippen LogP contribution in [-0.4, -0.2) is 21.1 Å². The van der Waals surface area contributed by atoms with Gasteiger partial charge >= 0.3 is 6.18 Å². The van der Waals surface area contributed by atoms with E-state index in [1.54, 1.807) is 0 Å². The van der Waals surface area contributed by atoms with Gasteiger partial charge in [0.25, 0.3) is 0 Å². The van der Waals surface area contributed by atoms with E-state index in [1.165, 1.54) is 34.4 Å². The van der Waals surface area contributed by atoms with Crippen molar-refractivity contribution in [3.8, 4) is 10.7 Å². The van der Waals surface area contributed by atoms with Crippen molar-refractivity contribution in [2.24, 2.45) is 5.10 Å². The predicted molar refractivity (Wildman–Crippen MR) is 85.2 cm³/mol. The Morgan fingerprint density at radius 3 is 2.78 bits per heavy atom. The van der Waals surface area contributed by atoms with Gasteiger partial charge in [-0.3, -0.25) is 0 Å². The number of hydrogen-bond acceptors (Lipinski definition) is 4. The molecular weight excluding hydrogens is 345 g/mol. The maximum absolute atomic E-state index is 12.7. The minimum Gasteiger partial charge on any atom is -0.250 e. The van der Waals surface area contributed by atoms with Crippen LogP contribution < -0.4 is 0 Å². The van der Waals surface area contributed by atoms with E-state index in [0.29, 0.717) is 11.4 Å². The smallest absolute Gasteiger partial charge is 0.250 e. The Bertz CT molecular complexity index is 891. The van der Waals surface area contributed by atoms with Crippen molar-refractivity contribution in [3.05, 3.63) is 57.7 Å². The number of nitrogens with zero attached hydrogens (tertiary/aromatic N) is 3. The number of H-pyrrole nitrogens is 1. The van der Waals surface area contributed by atoms with E-state index in [-0.39, 0.29) is 4.77 Å². The molecule has 0 bridgehead atoms. The van der Waals surface area contributed by atoms with E-state index in [2.05, 4.69) is 15.3 Å². The van der Waals surface area contributed by atoms with Gasteiger partial charge in [0.2, 0.25) is 4.77 Å². The average molecular weight is 354 g/mol. The van der Waals surface area contributed by atoms with Crippen molar-refractivity contribution in [2.45, 2.75) is 6.18 Å². The van der Waals surface area contributed by atoms with E-state index in [4.69, 9.17) is 12.2 Å². The molecule has 0 fully saturated rings. The first-order chi connectivity index (χ1) is 10.9. The molecule has 118 valence electrons. The summed E-state index contributed by atoms with van der Waals surface area (Å²) in [5, 5.41) is 12.7. The Morgan fingerprint density at radius 1 is 1.26 bits per heavy atom. The second-order valence-electron chi connectivity index (χ2n) is 4.51. The lowest BCUT2D eigenvalue weighted by Crippen LogP contribution is -2.05. The molecule has 0 spiro atoms. The molecule has 2 aromatic heterocycles. The van der Waals surface area contributed by atoms with Gasteiger partial charge in [-0.15, -0.1) is 11.3 Å². The van der Waals surface area contributed by atoms with Crippen molar-refractivity contribution in [3.63, 3.8) is 0 Å². The summed E-state index contributed by atoms with van der Waals surface area (Å²) in [5.74, 6) is 0.508. The number of aromatic nitrogens is 3. The topological polar surface area (TPSA) is 46.0 Å². The number of benzene rings is 1. The summed E-state index contributed by atoms with van der Waals surface area (Å²) in [6, 6.07) is 8.62. The number of hydrogen-bond donors (Lipinski definition) is 1. The fraction of sp³-hybridized carbons (Fsp3) is 0.0714. The summed E-state index contributed by atoms with van der Waals surface area (Å²) in [7, 11) is 0. The SMILES string of the molecule is FC(F)(F)c1cccc(/C=N\n2c(-c3cccs3)n[nH]c2=S)c1. The molecule has 3 aromatic rings. The highest BCUT2D eigenvalue weighted by Crippen LogP contribution is 2.29. The Balaban J connectivity index is 1.96. The van der Waals surface area contributed by atoms with E-state index >= 15 is 0 Å². The number of alkyl halides is 3. The molecule has 0 aliphatic carbocycles. The van der Waals surface area contributed by atoms with Gasteiger partial charge in [-0.1, -0.05) is 18.2 Å². The van der Waals surface area contributed by atoms with Crippen LogP contribution in [-0.2, 0) is 6.18 Å². The fourth-order valence-electron chi connectivity index (χ4n) is 1.88. The number of aromatic amines is 1. The highest BCUT2D eigenvalue weighted by Gasteiger charge is 2.30. The quantitative estimate of drug-likeness (QED) is 0.553. The van der Waals surface area contributed by atoms with Crippen LogP contribution in [0.15, 0.2) is 46.9 Å². The van der Waals surface area contributed by atoms with E-state index in [0.717, 1.165) is 17.0 Å². The molecule has 0 saturated carbocycles. The van der Waals surface area contributed by atoms with Gasteiger partial charge in [0, 0.05) is 0 Å². The summed E-state index contributed by atoms with van der Waals surface area (Å²) in [4.78, 5) is 0.846. The molecular formula is C14H9F3N4S2.